The molecule has 0 aromatic heterocycles. The molecule has 21 heavy (non-hydrogen) atoms. The zero-order valence-corrected chi connectivity index (χ0v) is 12.5. The van der Waals surface area contributed by atoms with Crippen molar-refractivity contribution in [3.05, 3.63) is 0 Å². The fraction of sp³-hybridized carbons (Fsp3) is 0.917. The number of halogens is 3. The Hall–Kier alpha value is -0.830. The summed E-state index contributed by atoms with van der Waals surface area (Å²) < 4.78 is 62.5. The normalized spacial score (nSPS) is 33.8. The van der Waals surface area contributed by atoms with Crippen LogP contribution >= 0.6 is 0 Å². The summed E-state index contributed by atoms with van der Waals surface area (Å²) in [5.74, 6) is -1.90. The van der Waals surface area contributed by atoms with Crippen molar-refractivity contribution in [3.63, 3.8) is 0 Å². The number of hydrogen-bond acceptors (Lipinski definition) is 3. The Labute approximate surface area is 121 Å². The van der Waals surface area contributed by atoms with E-state index in [-0.39, 0.29) is 38.1 Å². The monoisotopic (exact) mass is 328 g/mol. The molecule has 1 aliphatic heterocycles. The van der Waals surface area contributed by atoms with Gasteiger partial charge in [-0.25, -0.2) is 12.7 Å². The first-order valence-electron chi connectivity index (χ1n) is 6.94. The summed E-state index contributed by atoms with van der Waals surface area (Å²) in [6.07, 6.45) is -3.54. The Morgan fingerprint density at radius 2 is 1.71 bits per heavy atom. The first-order chi connectivity index (χ1) is 9.62. The van der Waals surface area contributed by atoms with Crippen molar-refractivity contribution in [3.8, 4) is 0 Å². The molecule has 2 fully saturated rings. The van der Waals surface area contributed by atoms with Crippen LogP contribution in [0.5, 0.6) is 0 Å². The van der Waals surface area contributed by atoms with E-state index in [1.54, 1.807) is 0 Å². The first kappa shape index (κ1) is 16.5. The lowest BCUT2D eigenvalue weighted by Gasteiger charge is -2.30. The summed E-state index contributed by atoms with van der Waals surface area (Å²) in [7, 11) is -2.19. The van der Waals surface area contributed by atoms with Crippen molar-refractivity contribution in [2.24, 2.45) is 5.92 Å². The third-order valence-electron chi connectivity index (χ3n) is 4.33. The molecule has 1 atom stereocenters. The molecule has 0 spiro atoms. The number of alkyl halides is 3. The molecule has 9 heteroatoms. The van der Waals surface area contributed by atoms with Gasteiger partial charge in [-0.05, 0) is 32.1 Å². The second-order valence-electron chi connectivity index (χ2n) is 5.74. The minimum absolute atomic E-state index is 0.0221. The van der Waals surface area contributed by atoms with Crippen LogP contribution in [0.1, 0.15) is 32.1 Å². The third-order valence-corrected chi connectivity index (χ3v) is 6.55. The molecule has 0 bridgehead atoms. The Kier molecular flexibility index (Phi) is 4.53. The van der Waals surface area contributed by atoms with Gasteiger partial charge in [-0.1, -0.05) is 0 Å². The lowest BCUT2D eigenvalue weighted by molar-refractivity contribution is -0.182. The van der Waals surface area contributed by atoms with Crippen molar-refractivity contribution in [1.82, 2.24) is 9.62 Å². The van der Waals surface area contributed by atoms with Crippen LogP contribution in [0.3, 0.4) is 0 Å². The summed E-state index contributed by atoms with van der Waals surface area (Å²) in [6, 6.07) is -0.364. The molecule has 0 aromatic rings. The zero-order chi connectivity index (χ0) is 15.8. The Morgan fingerprint density at radius 3 is 2.14 bits per heavy atom. The second-order valence-corrected chi connectivity index (χ2v) is 7.96. The van der Waals surface area contributed by atoms with Crippen molar-refractivity contribution >= 4 is 15.9 Å². The highest BCUT2D eigenvalue weighted by atomic mass is 32.2. The molecule has 1 aliphatic carbocycles. The summed E-state index contributed by atoms with van der Waals surface area (Å²) in [6.45, 7) is 0.293. The maximum Gasteiger partial charge on any atom is 0.391 e. The molecule has 1 heterocycles. The highest BCUT2D eigenvalue weighted by molar-refractivity contribution is 7.90. The van der Waals surface area contributed by atoms with E-state index in [0.29, 0.717) is 6.54 Å². The van der Waals surface area contributed by atoms with Crippen molar-refractivity contribution < 1.29 is 26.4 Å². The fourth-order valence-electron chi connectivity index (χ4n) is 2.92. The molecule has 2 rings (SSSR count). The van der Waals surface area contributed by atoms with Crippen LogP contribution < -0.4 is 5.32 Å². The van der Waals surface area contributed by atoms with Crippen LogP contribution in [-0.4, -0.2) is 49.7 Å². The SMILES string of the molecule is CN1CCC(C(=O)NC2CCC(C(F)(F)F)CC2)S1(=O)=O. The van der Waals surface area contributed by atoms with Crippen LogP contribution in [0, 0.1) is 5.92 Å². The van der Waals surface area contributed by atoms with Gasteiger partial charge in [-0.15, -0.1) is 0 Å². The van der Waals surface area contributed by atoms with E-state index in [1.807, 2.05) is 0 Å². The van der Waals surface area contributed by atoms with Gasteiger partial charge in [-0.3, -0.25) is 4.79 Å². The number of nitrogens with zero attached hydrogens (tertiary/aromatic N) is 1. The minimum Gasteiger partial charge on any atom is -0.352 e. The van der Waals surface area contributed by atoms with E-state index < -0.39 is 33.3 Å². The summed E-state index contributed by atoms with van der Waals surface area (Å²) in [4.78, 5) is 12.0. The lowest BCUT2D eigenvalue weighted by Crippen LogP contribution is -2.46. The van der Waals surface area contributed by atoms with Gasteiger partial charge in [0.25, 0.3) is 0 Å². The third kappa shape index (κ3) is 3.50. The Bertz CT molecular complexity index is 498. The van der Waals surface area contributed by atoms with Gasteiger partial charge < -0.3 is 5.32 Å². The first-order valence-corrected chi connectivity index (χ1v) is 8.45. The average molecular weight is 328 g/mol. The minimum atomic E-state index is -4.19. The molecule has 5 nitrogen and oxygen atoms in total. The molecular formula is C12H19F3N2O3S. The maximum atomic E-state index is 12.5. The number of amides is 1. The molecule has 2 aliphatic rings. The predicted octanol–water partition coefficient (Wildman–Crippen LogP) is 1.26. The van der Waals surface area contributed by atoms with E-state index in [4.69, 9.17) is 0 Å². The number of carbonyl (C=O) groups excluding carboxylic acids is 1. The van der Waals surface area contributed by atoms with Gasteiger partial charge in [0.15, 0.2) is 5.25 Å². The quantitative estimate of drug-likeness (QED) is 0.830. The molecule has 1 N–H and O–H groups in total. The number of sulfonamides is 1. The van der Waals surface area contributed by atoms with E-state index in [2.05, 4.69) is 5.32 Å². The molecule has 1 saturated carbocycles. The smallest absolute Gasteiger partial charge is 0.352 e. The van der Waals surface area contributed by atoms with Crippen molar-refractivity contribution in [2.75, 3.05) is 13.6 Å². The van der Waals surface area contributed by atoms with Gasteiger partial charge in [0, 0.05) is 19.6 Å². The van der Waals surface area contributed by atoms with Gasteiger partial charge >= 0.3 is 6.18 Å². The van der Waals surface area contributed by atoms with E-state index in [0.717, 1.165) is 4.31 Å². The van der Waals surface area contributed by atoms with Crippen LogP contribution in [-0.2, 0) is 14.8 Å². The lowest BCUT2D eigenvalue weighted by atomic mass is 9.85. The zero-order valence-electron chi connectivity index (χ0n) is 11.7. The molecule has 1 amide bonds. The number of carbonyl (C=O) groups is 1. The standard InChI is InChI=1S/C12H19F3N2O3S/c1-17-7-6-10(21(17,19)20)11(18)16-9-4-2-8(3-5-9)12(13,14)15/h8-10H,2-7H2,1H3,(H,16,18). The van der Waals surface area contributed by atoms with Gasteiger partial charge in [0.2, 0.25) is 15.9 Å². The summed E-state index contributed by atoms with van der Waals surface area (Å²) >= 11 is 0. The summed E-state index contributed by atoms with van der Waals surface area (Å²) in [5.41, 5.74) is 0. The average Bonchev–Trinajstić information content (AvgIpc) is 2.63. The molecule has 122 valence electrons. The van der Waals surface area contributed by atoms with Gasteiger partial charge in [0.05, 0.1) is 5.92 Å². The summed E-state index contributed by atoms with van der Waals surface area (Å²) in [5, 5.41) is 1.49. The van der Waals surface area contributed by atoms with Crippen LogP contribution in [0.15, 0.2) is 0 Å². The maximum absolute atomic E-state index is 12.5. The topological polar surface area (TPSA) is 66.5 Å². The predicted molar refractivity (Wildman–Crippen MR) is 69.9 cm³/mol. The number of nitrogens with one attached hydrogen (secondary N) is 1. The van der Waals surface area contributed by atoms with Gasteiger partial charge in [0.1, 0.15) is 0 Å². The van der Waals surface area contributed by atoms with E-state index >= 15 is 0 Å². The van der Waals surface area contributed by atoms with Crippen molar-refractivity contribution in [2.45, 2.75) is 49.6 Å². The fourth-order valence-corrected chi connectivity index (χ4v) is 4.45. The number of rotatable bonds is 2. The number of hydrogen-bond donors (Lipinski definition) is 1. The molecule has 1 unspecified atom stereocenters. The van der Waals surface area contributed by atoms with E-state index in [9.17, 15) is 26.4 Å². The molecule has 1 saturated heterocycles. The Balaban J connectivity index is 1.88. The molecule has 0 radical (unpaired) electrons. The molecule has 0 aromatic carbocycles. The second kappa shape index (κ2) is 5.75. The van der Waals surface area contributed by atoms with Crippen LogP contribution in [0.25, 0.3) is 0 Å². The molecular weight excluding hydrogens is 309 g/mol. The highest BCUT2D eigenvalue weighted by Crippen LogP contribution is 2.37. The van der Waals surface area contributed by atoms with E-state index in [1.165, 1.54) is 7.05 Å². The largest absolute Gasteiger partial charge is 0.391 e. The van der Waals surface area contributed by atoms with Gasteiger partial charge in [-0.2, -0.15) is 13.2 Å². The van der Waals surface area contributed by atoms with Crippen LogP contribution in [0.4, 0.5) is 13.2 Å². The van der Waals surface area contributed by atoms with Crippen molar-refractivity contribution in [1.29, 1.82) is 0 Å². The van der Waals surface area contributed by atoms with Crippen LogP contribution in [0.2, 0.25) is 0 Å². The Morgan fingerprint density at radius 1 is 1.14 bits per heavy atom. The highest BCUT2D eigenvalue weighted by Gasteiger charge is 2.44.